The third kappa shape index (κ3) is 6.14. The van der Waals surface area contributed by atoms with Gasteiger partial charge in [0.25, 0.3) is 5.91 Å². The van der Waals surface area contributed by atoms with Gasteiger partial charge >= 0.3 is 6.03 Å². The molecule has 4 N–H and O–H groups in total. The van der Waals surface area contributed by atoms with Crippen molar-refractivity contribution >= 4 is 34.9 Å². The van der Waals surface area contributed by atoms with E-state index in [2.05, 4.69) is 21.3 Å². The molecule has 2 aromatic carbocycles. The zero-order valence-corrected chi connectivity index (χ0v) is 15.6. The number of rotatable bonds is 6. The predicted molar refractivity (Wildman–Crippen MR) is 107 cm³/mol. The molecule has 0 saturated carbocycles. The van der Waals surface area contributed by atoms with Crippen LogP contribution in [0.25, 0.3) is 0 Å². The van der Waals surface area contributed by atoms with E-state index in [1.54, 1.807) is 55.5 Å². The third-order valence-electron chi connectivity index (χ3n) is 3.59. The van der Waals surface area contributed by atoms with E-state index in [9.17, 15) is 14.4 Å². The number of carbonyl (C=O) groups excluding carboxylic acids is 3. The lowest BCUT2D eigenvalue weighted by atomic mass is 10.1. The Bertz CT molecular complexity index is 816. The summed E-state index contributed by atoms with van der Waals surface area (Å²) >= 11 is 0. The summed E-state index contributed by atoms with van der Waals surface area (Å²) in [6.45, 7) is 5.48. The first-order chi connectivity index (χ1) is 12.9. The second kappa shape index (κ2) is 9.38. The molecule has 0 aliphatic rings. The fraction of sp³-hybridized carbons (Fsp3) is 0.250. The van der Waals surface area contributed by atoms with E-state index in [0.29, 0.717) is 29.0 Å². The summed E-state index contributed by atoms with van der Waals surface area (Å²) in [6, 6.07) is 13.2. The van der Waals surface area contributed by atoms with Crippen LogP contribution >= 0.6 is 0 Å². The Labute approximate surface area is 158 Å². The number of hydrogen-bond acceptors (Lipinski definition) is 3. The summed E-state index contributed by atoms with van der Waals surface area (Å²) in [5.74, 6) is -0.424. The number of amides is 4. The van der Waals surface area contributed by atoms with Crippen molar-refractivity contribution in [3.63, 3.8) is 0 Å². The van der Waals surface area contributed by atoms with Crippen LogP contribution in [0, 0.1) is 0 Å². The van der Waals surface area contributed by atoms with Crippen molar-refractivity contribution in [1.29, 1.82) is 0 Å². The summed E-state index contributed by atoms with van der Waals surface area (Å²) in [4.78, 5) is 35.9. The number of hydrogen-bond donors (Lipinski definition) is 4. The molecule has 0 aliphatic carbocycles. The first-order valence-corrected chi connectivity index (χ1v) is 8.77. The number of carbonyl (C=O) groups is 3. The van der Waals surface area contributed by atoms with Gasteiger partial charge < -0.3 is 21.3 Å². The zero-order chi connectivity index (χ0) is 19.8. The molecule has 0 fully saturated rings. The molecule has 0 unspecified atom stereocenters. The monoisotopic (exact) mass is 368 g/mol. The van der Waals surface area contributed by atoms with Gasteiger partial charge in [-0.3, -0.25) is 9.59 Å². The molecule has 7 nitrogen and oxygen atoms in total. The van der Waals surface area contributed by atoms with Gasteiger partial charge in [-0.05, 0) is 50.2 Å². The van der Waals surface area contributed by atoms with Crippen LogP contribution in [0.4, 0.5) is 21.9 Å². The highest BCUT2D eigenvalue weighted by Crippen LogP contribution is 2.19. The standard InChI is InChI=1S/C20H24N4O3/c1-4-18(25)22-14-9-11-15(12-10-14)23-19(26)16-7-5-6-8-17(16)24-20(27)21-13(2)3/h5-13H,4H2,1-3H3,(H,22,25)(H,23,26)(H2,21,24,27). The van der Waals surface area contributed by atoms with E-state index >= 15 is 0 Å². The molecule has 0 radical (unpaired) electrons. The van der Waals surface area contributed by atoms with Gasteiger partial charge in [0, 0.05) is 23.8 Å². The van der Waals surface area contributed by atoms with Gasteiger partial charge in [-0.15, -0.1) is 0 Å². The van der Waals surface area contributed by atoms with Crippen molar-refractivity contribution in [2.75, 3.05) is 16.0 Å². The molecule has 0 aromatic heterocycles. The van der Waals surface area contributed by atoms with Crippen molar-refractivity contribution in [3.8, 4) is 0 Å². The normalized spacial score (nSPS) is 10.2. The van der Waals surface area contributed by atoms with Crippen LogP contribution in [0.3, 0.4) is 0 Å². The number of urea groups is 1. The third-order valence-corrected chi connectivity index (χ3v) is 3.59. The Morgan fingerprint density at radius 1 is 0.852 bits per heavy atom. The van der Waals surface area contributed by atoms with E-state index in [1.807, 2.05) is 13.8 Å². The summed E-state index contributed by atoms with van der Waals surface area (Å²) in [7, 11) is 0. The van der Waals surface area contributed by atoms with Crippen LogP contribution in [0.2, 0.25) is 0 Å². The van der Waals surface area contributed by atoms with Crippen molar-refractivity contribution in [2.24, 2.45) is 0 Å². The Balaban J connectivity index is 2.07. The zero-order valence-electron chi connectivity index (χ0n) is 15.6. The lowest BCUT2D eigenvalue weighted by Crippen LogP contribution is -2.34. The molecule has 0 bridgehead atoms. The molecule has 7 heteroatoms. The van der Waals surface area contributed by atoms with Crippen LogP contribution in [0.5, 0.6) is 0 Å². The van der Waals surface area contributed by atoms with Gasteiger partial charge in [0.05, 0.1) is 11.3 Å². The molecule has 0 atom stereocenters. The van der Waals surface area contributed by atoms with Gasteiger partial charge in [-0.1, -0.05) is 19.1 Å². The van der Waals surface area contributed by atoms with E-state index in [1.165, 1.54) is 0 Å². The maximum Gasteiger partial charge on any atom is 0.319 e. The largest absolute Gasteiger partial charge is 0.336 e. The van der Waals surface area contributed by atoms with Gasteiger partial charge in [0.15, 0.2) is 0 Å². The molecular formula is C20H24N4O3. The molecule has 0 heterocycles. The maximum absolute atomic E-state index is 12.6. The molecule has 27 heavy (non-hydrogen) atoms. The Kier molecular flexibility index (Phi) is 6.93. The van der Waals surface area contributed by atoms with Gasteiger partial charge in [-0.2, -0.15) is 0 Å². The average Bonchev–Trinajstić information content (AvgIpc) is 2.63. The number of para-hydroxylation sites is 1. The second-order valence-electron chi connectivity index (χ2n) is 6.23. The Morgan fingerprint density at radius 3 is 2.04 bits per heavy atom. The van der Waals surface area contributed by atoms with Crippen LogP contribution in [-0.2, 0) is 4.79 Å². The summed E-state index contributed by atoms with van der Waals surface area (Å²) in [5, 5.41) is 10.9. The predicted octanol–water partition coefficient (Wildman–Crippen LogP) is 3.82. The van der Waals surface area contributed by atoms with Gasteiger partial charge in [-0.25, -0.2) is 4.79 Å². The molecule has 142 valence electrons. The van der Waals surface area contributed by atoms with E-state index in [0.717, 1.165) is 0 Å². The average molecular weight is 368 g/mol. The van der Waals surface area contributed by atoms with E-state index < -0.39 is 0 Å². The minimum absolute atomic E-state index is 0.0160. The fourth-order valence-electron chi connectivity index (χ4n) is 2.30. The summed E-state index contributed by atoms with van der Waals surface area (Å²) < 4.78 is 0. The molecular weight excluding hydrogens is 344 g/mol. The van der Waals surface area contributed by atoms with E-state index in [-0.39, 0.29) is 23.9 Å². The van der Waals surface area contributed by atoms with Crippen LogP contribution in [0.1, 0.15) is 37.6 Å². The van der Waals surface area contributed by atoms with Crippen molar-refractivity contribution < 1.29 is 14.4 Å². The quantitative estimate of drug-likeness (QED) is 0.624. The minimum atomic E-state index is -0.374. The molecule has 0 aliphatic heterocycles. The van der Waals surface area contributed by atoms with Crippen LogP contribution in [-0.4, -0.2) is 23.9 Å². The topological polar surface area (TPSA) is 99.3 Å². The number of anilines is 3. The Hall–Kier alpha value is -3.35. The number of nitrogens with one attached hydrogen (secondary N) is 4. The summed E-state index contributed by atoms with van der Waals surface area (Å²) in [6.07, 6.45) is 0.395. The molecule has 0 saturated heterocycles. The van der Waals surface area contributed by atoms with Crippen LogP contribution in [0.15, 0.2) is 48.5 Å². The SMILES string of the molecule is CCC(=O)Nc1ccc(NC(=O)c2ccccc2NC(=O)NC(C)C)cc1. The van der Waals surface area contributed by atoms with Gasteiger partial charge in [0.2, 0.25) is 5.91 Å². The second-order valence-corrected chi connectivity index (χ2v) is 6.23. The highest BCUT2D eigenvalue weighted by atomic mass is 16.2. The Morgan fingerprint density at radius 2 is 1.44 bits per heavy atom. The fourth-order valence-corrected chi connectivity index (χ4v) is 2.30. The molecule has 2 aromatic rings. The molecule has 0 spiro atoms. The smallest absolute Gasteiger partial charge is 0.319 e. The van der Waals surface area contributed by atoms with Crippen molar-refractivity contribution in [1.82, 2.24) is 5.32 Å². The first kappa shape index (κ1) is 20.0. The molecule has 4 amide bonds. The van der Waals surface area contributed by atoms with E-state index in [4.69, 9.17) is 0 Å². The first-order valence-electron chi connectivity index (χ1n) is 8.77. The highest BCUT2D eigenvalue weighted by Gasteiger charge is 2.13. The van der Waals surface area contributed by atoms with Gasteiger partial charge in [0.1, 0.15) is 0 Å². The number of benzene rings is 2. The maximum atomic E-state index is 12.6. The van der Waals surface area contributed by atoms with Crippen molar-refractivity contribution in [3.05, 3.63) is 54.1 Å². The molecule has 2 rings (SSSR count). The van der Waals surface area contributed by atoms with Crippen LogP contribution < -0.4 is 21.3 Å². The highest BCUT2D eigenvalue weighted by molar-refractivity contribution is 6.10. The lowest BCUT2D eigenvalue weighted by Gasteiger charge is -2.14. The minimum Gasteiger partial charge on any atom is -0.336 e. The summed E-state index contributed by atoms with van der Waals surface area (Å²) in [5.41, 5.74) is 2.00. The van der Waals surface area contributed by atoms with Crippen molar-refractivity contribution in [2.45, 2.75) is 33.2 Å². The lowest BCUT2D eigenvalue weighted by molar-refractivity contribution is -0.115.